The zero-order chi connectivity index (χ0) is 22.5. The van der Waals surface area contributed by atoms with E-state index in [9.17, 15) is 4.79 Å². The predicted molar refractivity (Wildman–Crippen MR) is 125 cm³/mol. The SMILES string of the molecule is COc1cc(OC)cc([C@@H](CC(=O)NCc2ccncc2)c2c[nH]c3ccc(Cl)cc23)c1. The average Bonchev–Trinajstić information content (AvgIpc) is 3.24. The summed E-state index contributed by atoms with van der Waals surface area (Å²) >= 11 is 6.28. The Morgan fingerprint density at radius 3 is 2.47 bits per heavy atom. The molecule has 0 saturated heterocycles. The Bertz CT molecular complexity index is 1200. The van der Waals surface area contributed by atoms with Crippen LogP contribution in [-0.4, -0.2) is 30.1 Å². The normalized spacial score (nSPS) is 11.8. The molecule has 7 heteroatoms. The Hall–Kier alpha value is -3.51. The number of nitrogens with zero attached hydrogens (tertiary/aromatic N) is 1. The number of aromatic amines is 1. The lowest BCUT2D eigenvalue weighted by atomic mass is 9.87. The van der Waals surface area contributed by atoms with Crippen molar-refractivity contribution in [2.75, 3.05) is 14.2 Å². The van der Waals surface area contributed by atoms with Crippen LogP contribution in [0.25, 0.3) is 10.9 Å². The highest BCUT2D eigenvalue weighted by molar-refractivity contribution is 6.31. The van der Waals surface area contributed by atoms with Gasteiger partial charge in [-0.2, -0.15) is 0 Å². The van der Waals surface area contributed by atoms with Gasteiger partial charge in [-0.15, -0.1) is 0 Å². The van der Waals surface area contributed by atoms with E-state index in [0.29, 0.717) is 23.1 Å². The van der Waals surface area contributed by atoms with Crippen molar-refractivity contribution < 1.29 is 14.3 Å². The zero-order valence-corrected chi connectivity index (χ0v) is 18.6. The third-order valence-corrected chi connectivity index (χ3v) is 5.69. The van der Waals surface area contributed by atoms with Crippen LogP contribution in [0.1, 0.15) is 29.0 Å². The molecule has 6 nitrogen and oxygen atoms in total. The molecule has 2 heterocycles. The minimum atomic E-state index is -0.233. The monoisotopic (exact) mass is 449 g/mol. The van der Waals surface area contributed by atoms with Gasteiger partial charge >= 0.3 is 0 Å². The van der Waals surface area contributed by atoms with E-state index in [1.807, 2.05) is 54.7 Å². The minimum absolute atomic E-state index is 0.0648. The topological polar surface area (TPSA) is 76.2 Å². The maximum Gasteiger partial charge on any atom is 0.221 e. The number of H-pyrrole nitrogens is 1. The summed E-state index contributed by atoms with van der Waals surface area (Å²) in [7, 11) is 3.22. The Balaban J connectivity index is 1.69. The molecule has 0 aliphatic rings. The molecule has 0 saturated carbocycles. The molecular formula is C25H24ClN3O3. The second kappa shape index (κ2) is 9.75. The number of hydrogen-bond acceptors (Lipinski definition) is 4. The number of carbonyl (C=O) groups excluding carboxylic acids is 1. The molecule has 4 rings (SSSR count). The molecule has 0 radical (unpaired) electrons. The molecule has 4 aromatic rings. The summed E-state index contributed by atoms with van der Waals surface area (Å²) in [5.74, 6) is 1.03. The van der Waals surface area contributed by atoms with E-state index in [2.05, 4.69) is 15.3 Å². The van der Waals surface area contributed by atoms with Crippen LogP contribution < -0.4 is 14.8 Å². The van der Waals surface area contributed by atoms with Gasteiger partial charge in [-0.3, -0.25) is 9.78 Å². The standard InChI is InChI=1S/C25H24ClN3O3/c1-31-19-9-17(10-20(12-19)32-2)21(13-25(30)29-14-16-5-7-27-8-6-16)23-15-28-24-4-3-18(26)11-22(23)24/h3-12,15,21,28H,13-14H2,1-2H3,(H,29,30)/t21-/m1/s1. The van der Waals surface area contributed by atoms with Crippen LogP contribution in [0, 0.1) is 0 Å². The minimum Gasteiger partial charge on any atom is -0.497 e. The van der Waals surface area contributed by atoms with Gasteiger partial charge in [0.2, 0.25) is 5.91 Å². The zero-order valence-electron chi connectivity index (χ0n) is 17.9. The van der Waals surface area contributed by atoms with Crippen molar-refractivity contribution in [1.29, 1.82) is 0 Å². The number of aromatic nitrogens is 2. The lowest BCUT2D eigenvalue weighted by Crippen LogP contribution is -2.25. The highest BCUT2D eigenvalue weighted by Gasteiger charge is 2.23. The van der Waals surface area contributed by atoms with Crippen molar-refractivity contribution in [1.82, 2.24) is 15.3 Å². The highest BCUT2D eigenvalue weighted by atomic mass is 35.5. The second-order valence-corrected chi connectivity index (χ2v) is 7.91. The van der Waals surface area contributed by atoms with Gasteiger partial charge in [0, 0.05) is 59.5 Å². The van der Waals surface area contributed by atoms with Crippen molar-refractivity contribution in [2.45, 2.75) is 18.9 Å². The van der Waals surface area contributed by atoms with Crippen molar-refractivity contribution in [3.05, 3.63) is 88.8 Å². The van der Waals surface area contributed by atoms with Crippen molar-refractivity contribution in [3.63, 3.8) is 0 Å². The van der Waals surface area contributed by atoms with E-state index < -0.39 is 0 Å². The second-order valence-electron chi connectivity index (χ2n) is 7.47. The first kappa shape index (κ1) is 21.7. The molecular weight excluding hydrogens is 426 g/mol. The fraction of sp³-hybridized carbons (Fsp3) is 0.200. The fourth-order valence-electron chi connectivity index (χ4n) is 3.80. The summed E-state index contributed by atoms with van der Waals surface area (Å²) in [6.45, 7) is 0.440. The van der Waals surface area contributed by atoms with E-state index in [1.54, 1.807) is 26.6 Å². The molecule has 164 valence electrons. The molecule has 0 bridgehead atoms. The van der Waals surface area contributed by atoms with Gasteiger partial charge in [-0.25, -0.2) is 0 Å². The molecule has 2 N–H and O–H groups in total. The number of hydrogen-bond donors (Lipinski definition) is 2. The van der Waals surface area contributed by atoms with Gasteiger partial charge in [0.25, 0.3) is 0 Å². The number of halogens is 1. The van der Waals surface area contributed by atoms with Gasteiger partial charge in [0.1, 0.15) is 11.5 Å². The molecule has 0 aliphatic carbocycles. The largest absolute Gasteiger partial charge is 0.497 e. The van der Waals surface area contributed by atoms with Gasteiger partial charge in [-0.05, 0) is 59.2 Å². The number of methoxy groups -OCH3 is 2. The number of nitrogens with one attached hydrogen (secondary N) is 2. The Morgan fingerprint density at radius 2 is 1.78 bits per heavy atom. The maximum absolute atomic E-state index is 13.0. The predicted octanol–water partition coefficient (Wildman–Crippen LogP) is 5.07. The van der Waals surface area contributed by atoms with Crippen LogP contribution in [0.15, 0.2) is 67.1 Å². The van der Waals surface area contributed by atoms with Gasteiger partial charge in [-0.1, -0.05) is 11.6 Å². The molecule has 32 heavy (non-hydrogen) atoms. The van der Waals surface area contributed by atoms with E-state index in [-0.39, 0.29) is 18.2 Å². The van der Waals surface area contributed by atoms with Crippen LogP contribution in [-0.2, 0) is 11.3 Å². The number of benzene rings is 2. The van der Waals surface area contributed by atoms with Gasteiger partial charge in [0.15, 0.2) is 0 Å². The lowest BCUT2D eigenvalue weighted by molar-refractivity contribution is -0.121. The number of pyridine rings is 1. The van der Waals surface area contributed by atoms with Crippen LogP contribution in [0.2, 0.25) is 5.02 Å². The molecule has 0 spiro atoms. The Morgan fingerprint density at radius 1 is 1.06 bits per heavy atom. The summed E-state index contributed by atoms with van der Waals surface area (Å²) in [5, 5.41) is 4.63. The number of ether oxygens (including phenoxy) is 2. The molecule has 2 aromatic heterocycles. The Kier molecular flexibility index (Phi) is 6.61. The van der Waals surface area contributed by atoms with E-state index in [0.717, 1.165) is 27.6 Å². The molecule has 1 atom stereocenters. The van der Waals surface area contributed by atoms with Crippen LogP contribution in [0.5, 0.6) is 11.5 Å². The summed E-state index contributed by atoms with van der Waals surface area (Å²) in [5.41, 5.74) is 3.85. The smallest absolute Gasteiger partial charge is 0.221 e. The molecule has 1 amide bonds. The molecule has 0 fully saturated rings. The van der Waals surface area contributed by atoms with Gasteiger partial charge in [0.05, 0.1) is 14.2 Å². The number of fused-ring (bicyclic) bond motifs is 1. The third kappa shape index (κ3) is 4.86. The van der Waals surface area contributed by atoms with E-state index in [1.165, 1.54) is 0 Å². The number of rotatable bonds is 8. The van der Waals surface area contributed by atoms with Crippen LogP contribution in [0.3, 0.4) is 0 Å². The van der Waals surface area contributed by atoms with Crippen LogP contribution in [0.4, 0.5) is 0 Å². The lowest BCUT2D eigenvalue weighted by Gasteiger charge is -2.19. The van der Waals surface area contributed by atoms with Gasteiger partial charge < -0.3 is 19.8 Å². The molecule has 2 aromatic carbocycles. The summed E-state index contributed by atoms with van der Waals surface area (Å²) in [6, 6.07) is 15.2. The van der Waals surface area contributed by atoms with Crippen molar-refractivity contribution in [3.8, 4) is 11.5 Å². The first-order valence-corrected chi connectivity index (χ1v) is 10.6. The highest BCUT2D eigenvalue weighted by Crippen LogP contribution is 2.37. The molecule has 0 unspecified atom stereocenters. The Labute approximate surface area is 191 Å². The van der Waals surface area contributed by atoms with E-state index >= 15 is 0 Å². The van der Waals surface area contributed by atoms with Crippen molar-refractivity contribution in [2.24, 2.45) is 0 Å². The first-order chi connectivity index (χ1) is 15.6. The average molecular weight is 450 g/mol. The van der Waals surface area contributed by atoms with Crippen molar-refractivity contribution >= 4 is 28.4 Å². The summed E-state index contributed by atoms with van der Waals surface area (Å²) < 4.78 is 10.9. The fourth-order valence-corrected chi connectivity index (χ4v) is 3.97. The molecule has 0 aliphatic heterocycles. The third-order valence-electron chi connectivity index (χ3n) is 5.46. The van der Waals surface area contributed by atoms with Crippen LogP contribution >= 0.6 is 11.6 Å². The van der Waals surface area contributed by atoms with E-state index in [4.69, 9.17) is 21.1 Å². The number of carbonyl (C=O) groups is 1. The maximum atomic E-state index is 13.0. The summed E-state index contributed by atoms with van der Waals surface area (Å²) in [4.78, 5) is 20.3. The summed E-state index contributed by atoms with van der Waals surface area (Å²) in [6.07, 6.45) is 5.61. The first-order valence-electron chi connectivity index (χ1n) is 10.2. The number of amides is 1. The quantitative estimate of drug-likeness (QED) is 0.393.